The normalized spacial score (nSPS) is 12.3. The summed E-state index contributed by atoms with van der Waals surface area (Å²) < 4.78 is 13.2. The first-order chi connectivity index (χ1) is 13.2. The van der Waals surface area contributed by atoms with Crippen LogP contribution in [0.15, 0.2) is 59.5 Å². The van der Waals surface area contributed by atoms with E-state index in [0.717, 1.165) is 10.5 Å². The second-order valence-corrected chi connectivity index (χ2v) is 8.71. The number of hydrogen-bond donors (Lipinski definition) is 1. The van der Waals surface area contributed by atoms with Gasteiger partial charge in [0.2, 0.25) is 11.8 Å². The molecule has 0 saturated carbocycles. The molecule has 28 heavy (non-hydrogen) atoms. The second kappa shape index (κ2) is 9.73. The van der Waals surface area contributed by atoms with Gasteiger partial charge in [-0.2, -0.15) is 0 Å². The third-order valence-electron chi connectivity index (χ3n) is 4.04. The third kappa shape index (κ3) is 7.00. The highest BCUT2D eigenvalue weighted by Gasteiger charge is 2.28. The monoisotopic (exact) mass is 402 g/mol. The molecule has 0 fully saturated rings. The van der Waals surface area contributed by atoms with E-state index in [4.69, 9.17) is 0 Å². The van der Waals surface area contributed by atoms with Gasteiger partial charge in [0.25, 0.3) is 0 Å². The minimum absolute atomic E-state index is 0.144. The highest BCUT2D eigenvalue weighted by Crippen LogP contribution is 2.19. The number of rotatable bonds is 7. The van der Waals surface area contributed by atoms with Crippen molar-refractivity contribution in [3.05, 3.63) is 66.0 Å². The van der Waals surface area contributed by atoms with E-state index >= 15 is 0 Å². The van der Waals surface area contributed by atoms with Crippen molar-refractivity contribution in [2.24, 2.45) is 0 Å². The van der Waals surface area contributed by atoms with E-state index in [9.17, 15) is 14.0 Å². The fourth-order valence-corrected chi connectivity index (χ4v) is 3.39. The summed E-state index contributed by atoms with van der Waals surface area (Å²) in [5.41, 5.74) is 0.379. The van der Waals surface area contributed by atoms with Crippen LogP contribution >= 0.6 is 11.8 Å². The van der Waals surface area contributed by atoms with Gasteiger partial charge in [-0.05, 0) is 57.5 Å². The van der Waals surface area contributed by atoms with E-state index in [2.05, 4.69) is 5.32 Å². The smallest absolute Gasteiger partial charge is 0.242 e. The molecule has 0 unspecified atom stereocenters. The van der Waals surface area contributed by atoms with Crippen molar-refractivity contribution in [2.45, 2.75) is 50.7 Å². The Morgan fingerprint density at radius 3 is 2.25 bits per heavy atom. The van der Waals surface area contributed by atoms with E-state index in [1.165, 1.54) is 23.9 Å². The Kier molecular flexibility index (Phi) is 7.63. The molecule has 0 aliphatic rings. The molecule has 0 bridgehead atoms. The zero-order chi connectivity index (χ0) is 20.7. The fraction of sp³-hybridized carbons (Fsp3) is 0.364. The number of halogens is 1. The van der Waals surface area contributed by atoms with Crippen LogP contribution in [-0.2, 0) is 16.1 Å². The lowest BCUT2D eigenvalue weighted by molar-refractivity contribution is -0.139. The number of nitrogens with one attached hydrogen (secondary N) is 1. The van der Waals surface area contributed by atoms with Crippen LogP contribution in [0.2, 0.25) is 0 Å². The van der Waals surface area contributed by atoms with Crippen LogP contribution in [0.3, 0.4) is 0 Å². The van der Waals surface area contributed by atoms with Crippen LogP contribution in [0, 0.1) is 5.82 Å². The number of thioether (sulfide) groups is 1. The van der Waals surface area contributed by atoms with Crippen LogP contribution in [0.1, 0.15) is 33.3 Å². The Bertz CT molecular complexity index is 788. The minimum atomic E-state index is -0.645. The third-order valence-corrected chi connectivity index (χ3v) is 5.03. The van der Waals surface area contributed by atoms with Crippen molar-refractivity contribution in [3.8, 4) is 0 Å². The van der Waals surface area contributed by atoms with Crippen LogP contribution in [-0.4, -0.2) is 34.0 Å². The van der Waals surface area contributed by atoms with Crippen LogP contribution in [0.4, 0.5) is 4.39 Å². The van der Waals surface area contributed by atoms with Gasteiger partial charge in [-0.25, -0.2) is 4.39 Å². The van der Waals surface area contributed by atoms with E-state index in [0.29, 0.717) is 0 Å². The van der Waals surface area contributed by atoms with Gasteiger partial charge in [0.15, 0.2) is 0 Å². The molecule has 2 rings (SSSR count). The van der Waals surface area contributed by atoms with Gasteiger partial charge in [-0.15, -0.1) is 11.8 Å². The average Bonchev–Trinajstić information content (AvgIpc) is 2.64. The zero-order valence-corrected chi connectivity index (χ0v) is 17.6. The molecule has 0 saturated heterocycles. The average molecular weight is 403 g/mol. The van der Waals surface area contributed by atoms with Gasteiger partial charge in [0, 0.05) is 17.0 Å². The number of benzene rings is 2. The maximum Gasteiger partial charge on any atom is 0.242 e. The summed E-state index contributed by atoms with van der Waals surface area (Å²) in [7, 11) is 0. The van der Waals surface area contributed by atoms with E-state index in [-0.39, 0.29) is 29.9 Å². The molecule has 1 N–H and O–H groups in total. The molecule has 0 aromatic heterocycles. The van der Waals surface area contributed by atoms with Gasteiger partial charge < -0.3 is 10.2 Å². The predicted molar refractivity (Wildman–Crippen MR) is 111 cm³/mol. The van der Waals surface area contributed by atoms with Crippen molar-refractivity contribution in [3.63, 3.8) is 0 Å². The lowest BCUT2D eigenvalue weighted by Crippen LogP contribution is -2.52. The number of carbonyl (C=O) groups excluding carboxylic acids is 2. The van der Waals surface area contributed by atoms with Gasteiger partial charge in [-0.3, -0.25) is 9.59 Å². The van der Waals surface area contributed by atoms with Gasteiger partial charge in [0.1, 0.15) is 11.9 Å². The highest BCUT2D eigenvalue weighted by molar-refractivity contribution is 8.00. The summed E-state index contributed by atoms with van der Waals surface area (Å²) in [5.74, 6) is -0.472. The first-order valence-electron chi connectivity index (χ1n) is 9.19. The summed E-state index contributed by atoms with van der Waals surface area (Å²) in [6.07, 6.45) is 0. The first kappa shape index (κ1) is 22.0. The molecule has 0 aliphatic carbocycles. The number of nitrogens with zero attached hydrogens (tertiary/aromatic N) is 1. The van der Waals surface area contributed by atoms with Crippen molar-refractivity contribution >= 4 is 23.6 Å². The molecule has 2 amide bonds. The van der Waals surface area contributed by atoms with Crippen molar-refractivity contribution < 1.29 is 14.0 Å². The lowest BCUT2D eigenvalue weighted by Gasteiger charge is -2.31. The molecule has 0 aliphatic heterocycles. The van der Waals surface area contributed by atoms with Gasteiger partial charge in [-0.1, -0.05) is 30.3 Å². The van der Waals surface area contributed by atoms with Crippen molar-refractivity contribution in [1.29, 1.82) is 0 Å². The number of amides is 2. The minimum Gasteiger partial charge on any atom is -0.350 e. The second-order valence-electron chi connectivity index (χ2n) is 7.67. The molecule has 4 nitrogen and oxygen atoms in total. The molecule has 1 atom stereocenters. The molecule has 2 aromatic carbocycles. The molecule has 0 radical (unpaired) electrons. The SMILES string of the molecule is C[C@H](C(=O)NC(C)(C)C)N(Cc1ccc(F)cc1)C(=O)CSc1ccccc1. The Balaban J connectivity index is 2.15. The molecule has 0 heterocycles. The Morgan fingerprint density at radius 2 is 1.68 bits per heavy atom. The summed E-state index contributed by atoms with van der Waals surface area (Å²) in [6, 6.07) is 15.0. The largest absolute Gasteiger partial charge is 0.350 e. The molecular weight excluding hydrogens is 375 g/mol. The van der Waals surface area contributed by atoms with Crippen LogP contribution in [0.5, 0.6) is 0 Å². The summed E-state index contributed by atoms with van der Waals surface area (Å²) in [6.45, 7) is 7.65. The van der Waals surface area contributed by atoms with Crippen LogP contribution < -0.4 is 5.32 Å². The Hall–Kier alpha value is -2.34. The molecule has 6 heteroatoms. The number of carbonyl (C=O) groups is 2. The number of hydrogen-bond acceptors (Lipinski definition) is 3. The van der Waals surface area contributed by atoms with E-state index < -0.39 is 11.6 Å². The van der Waals surface area contributed by atoms with Gasteiger partial charge in [0.05, 0.1) is 5.75 Å². The maximum absolute atomic E-state index is 13.2. The zero-order valence-electron chi connectivity index (χ0n) is 16.7. The summed E-state index contributed by atoms with van der Waals surface area (Å²) in [5, 5.41) is 2.92. The van der Waals surface area contributed by atoms with E-state index in [1.807, 2.05) is 51.1 Å². The summed E-state index contributed by atoms with van der Waals surface area (Å²) >= 11 is 1.43. The molecule has 0 spiro atoms. The van der Waals surface area contributed by atoms with Crippen LogP contribution in [0.25, 0.3) is 0 Å². The first-order valence-corrected chi connectivity index (χ1v) is 10.2. The fourth-order valence-electron chi connectivity index (χ4n) is 2.59. The van der Waals surface area contributed by atoms with Crippen molar-refractivity contribution in [1.82, 2.24) is 10.2 Å². The van der Waals surface area contributed by atoms with Crippen molar-refractivity contribution in [2.75, 3.05) is 5.75 Å². The van der Waals surface area contributed by atoms with E-state index in [1.54, 1.807) is 24.0 Å². The topological polar surface area (TPSA) is 49.4 Å². The lowest BCUT2D eigenvalue weighted by atomic mass is 10.1. The Labute approximate surface area is 170 Å². The molecule has 2 aromatic rings. The highest BCUT2D eigenvalue weighted by atomic mass is 32.2. The molecule has 150 valence electrons. The maximum atomic E-state index is 13.2. The Morgan fingerprint density at radius 1 is 1.07 bits per heavy atom. The quantitative estimate of drug-likeness (QED) is 0.705. The predicted octanol–water partition coefficient (Wildman–Crippen LogP) is 4.25. The van der Waals surface area contributed by atoms with Gasteiger partial charge >= 0.3 is 0 Å². The summed E-state index contributed by atoms with van der Waals surface area (Å²) in [4.78, 5) is 28.1. The molecular formula is C22H27FN2O2S. The standard InChI is InChI=1S/C22H27FN2O2S/c1-16(21(27)24-22(2,3)4)25(14-17-10-12-18(23)13-11-17)20(26)15-28-19-8-6-5-7-9-19/h5-13,16H,14-15H2,1-4H3,(H,24,27)/t16-/m1/s1.